The summed E-state index contributed by atoms with van der Waals surface area (Å²) in [5.41, 5.74) is 12.1. The molecule has 0 bridgehead atoms. The predicted molar refractivity (Wildman–Crippen MR) is 92.9 cm³/mol. The third kappa shape index (κ3) is 3.32. The van der Waals surface area contributed by atoms with E-state index in [1.54, 1.807) is 0 Å². The van der Waals surface area contributed by atoms with Crippen LogP contribution >= 0.6 is 0 Å². The Balaban J connectivity index is 1.19. The molecule has 0 spiro atoms. The molecular formula is C19H32N2O5. The van der Waals surface area contributed by atoms with Crippen LogP contribution in [0.15, 0.2) is 0 Å². The first-order chi connectivity index (χ1) is 12.7. The van der Waals surface area contributed by atoms with Crippen molar-refractivity contribution in [2.24, 2.45) is 23.3 Å². The molecule has 6 unspecified atom stereocenters. The molecule has 0 radical (unpaired) electrons. The van der Waals surface area contributed by atoms with Crippen molar-refractivity contribution in [1.29, 1.82) is 0 Å². The van der Waals surface area contributed by atoms with Crippen molar-refractivity contribution in [2.45, 2.75) is 101 Å². The highest BCUT2D eigenvalue weighted by molar-refractivity contribution is 4.96. The lowest BCUT2D eigenvalue weighted by molar-refractivity contribution is -0.289. The SMILES string of the molecule is NC1CCC(C2OCC3OC4OC(C5CCC(N)CC5)OC4C3O2)CC1. The van der Waals surface area contributed by atoms with Gasteiger partial charge in [-0.15, -0.1) is 0 Å². The van der Waals surface area contributed by atoms with Gasteiger partial charge in [0.05, 0.1) is 6.61 Å². The van der Waals surface area contributed by atoms with Gasteiger partial charge in [-0.2, -0.15) is 0 Å². The van der Waals surface area contributed by atoms with E-state index in [1.807, 2.05) is 0 Å². The fourth-order valence-corrected chi connectivity index (χ4v) is 5.25. The average molecular weight is 368 g/mol. The van der Waals surface area contributed by atoms with Gasteiger partial charge in [0.25, 0.3) is 0 Å². The second-order valence-corrected chi connectivity index (χ2v) is 8.80. The smallest absolute Gasteiger partial charge is 0.190 e. The molecule has 5 aliphatic rings. The van der Waals surface area contributed by atoms with E-state index in [-0.39, 0.29) is 37.2 Å². The van der Waals surface area contributed by atoms with Gasteiger partial charge in [-0.05, 0) is 51.4 Å². The standard InChI is InChI=1S/C19H32N2O5/c20-12-5-1-10(2-6-12)17-22-9-14-15(24-17)16-19(23-14)26-18(25-16)11-3-7-13(21)8-4-11/h10-19H,1-9,20-21H2. The highest BCUT2D eigenvalue weighted by atomic mass is 16.8. The molecule has 26 heavy (non-hydrogen) atoms. The lowest BCUT2D eigenvalue weighted by Gasteiger charge is -2.39. The molecule has 4 N–H and O–H groups in total. The Kier molecular flexibility index (Phi) is 4.98. The summed E-state index contributed by atoms with van der Waals surface area (Å²) in [5, 5.41) is 0. The Bertz CT molecular complexity index is 492. The zero-order valence-electron chi connectivity index (χ0n) is 15.3. The van der Waals surface area contributed by atoms with Crippen LogP contribution in [0.1, 0.15) is 51.4 Å². The molecule has 0 aromatic rings. The number of rotatable bonds is 2. The van der Waals surface area contributed by atoms with Gasteiger partial charge in [0.1, 0.15) is 18.3 Å². The maximum Gasteiger partial charge on any atom is 0.190 e. The molecule has 6 atom stereocenters. The minimum Gasteiger partial charge on any atom is -0.350 e. The lowest BCUT2D eigenvalue weighted by Crippen LogP contribution is -2.49. The Morgan fingerprint density at radius 1 is 0.538 bits per heavy atom. The van der Waals surface area contributed by atoms with E-state index in [4.69, 9.17) is 35.2 Å². The number of fused-ring (bicyclic) bond motifs is 3. The van der Waals surface area contributed by atoms with Crippen LogP contribution in [0.4, 0.5) is 0 Å². The molecule has 3 heterocycles. The summed E-state index contributed by atoms with van der Waals surface area (Å²) >= 11 is 0. The third-order valence-corrected chi connectivity index (χ3v) is 6.95. The first kappa shape index (κ1) is 17.8. The summed E-state index contributed by atoms with van der Waals surface area (Å²) in [6.45, 7) is 0.556. The van der Waals surface area contributed by atoms with Gasteiger partial charge in [-0.1, -0.05) is 0 Å². The molecule has 7 nitrogen and oxygen atoms in total. The Morgan fingerprint density at radius 3 is 1.77 bits per heavy atom. The van der Waals surface area contributed by atoms with E-state index < -0.39 is 0 Å². The number of hydrogen-bond acceptors (Lipinski definition) is 7. The van der Waals surface area contributed by atoms with Crippen molar-refractivity contribution in [3.05, 3.63) is 0 Å². The average Bonchev–Trinajstić information content (AvgIpc) is 3.20. The highest BCUT2D eigenvalue weighted by Gasteiger charge is 2.57. The van der Waals surface area contributed by atoms with Gasteiger partial charge < -0.3 is 35.2 Å². The van der Waals surface area contributed by atoms with E-state index >= 15 is 0 Å². The molecule has 0 amide bonds. The van der Waals surface area contributed by atoms with Crippen LogP contribution < -0.4 is 11.5 Å². The molecule has 0 aromatic heterocycles. The first-order valence-electron chi connectivity index (χ1n) is 10.4. The fraction of sp³-hybridized carbons (Fsp3) is 1.00. The molecule has 3 saturated heterocycles. The van der Waals surface area contributed by atoms with Crippen molar-refractivity contribution in [2.75, 3.05) is 6.61 Å². The van der Waals surface area contributed by atoms with Gasteiger partial charge in [0.15, 0.2) is 18.9 Å². The van der Waals surface area contributed by atoms with Gasteiger partial charge in [0, 0.05) is 23.9 Å². The third-order valence-electron chi connectivity index (χ3n) is 6.95. The van der Waals surface area contributed by atoms with E-state index in [9.17, 15) is 0 Å². The minimum atomic E-state index is -0.326. The van der Waals surface area contributed by atoms with Crippen molar-refractivity contribution in [3.63, 3.8) is 0 Å². The maximum absolute atomic E-state index is 6.34. The zero-order valence-corrected chi connectivity index (χ0v) is 15.3. The topological polar surface area (TPSA) is 98.2 Å². The molecule has 2 aliphatic carbocycles. The van der Waals surface area contributed by atoms with Crippen molar-refractivity contribution in [3.8, 4) is 0 Å². The van der Waals surface area contributed by atoms with Crippen molar-refractivity contribution in [1.82, 2.24) is 0 Å². The fourth-order valence-electron chi connectivity index (χ4n) is 5.25. The van der Waals surface area contributed by atoms with E-state index in [0.29, 0.717) is 30.5 Å². The summed E-state index contributed by atoms with van der Waals surface area (Å²) in [6.07, 6.45) is 7.47. The second-order valence-electron chi connectivity index (χ2n) is 8.80. The molecule has 7 heteroatoms. The Morgan fingerprint density at radius 2 is 1.12 bits per heavy atom. The van der Waals surface area contributed by atoms with Gasteiger partial charge in [0.2, 0.25) is 0 Å². The first-order valence-corrected chi connectivity index (χ1v) is 10.4. The number of hydrogen-bond donors (Lipinski definition) is 2. The largest absolute Gasteiger partial charge is 0.350 e. The van der Waals surface area contributed by atoms with Crippen LogP contribution in [0.5, 0.6) is 0 Å². The molecule has 148 valence electrons. The van der Waals surface area contributed by atoms with Crippen LogP contribution in [0.25, 0.3) is 0 Å². The van der Waals surface area contributed by atoms with Gasteiger partial charge in [-0.25, -0.2) is 0 Å². The molecule has 5 fully saturated rings. The van der Waals surface area contributed by atoms with Crippen LogP contribution in [0.3, 0.4) is 0 Å². The minimum absolute atomic E-state index is 0.0900. The Labute approximate surface area is 155 Å². The van der Waals surface area contributed by atoms with E-state index in [1.165, 1.54) is 0 Å². The van der Waals surface area contributed by atoms with Crippen molar-refractivity contribution < 1.29 is 23.7 Å². The molecule has 5 rings (SSSR count). The van der Waals surface area contributed by atoms with Crippen LogP contribution in [0, 0.1) is 11.8 Å². The summed E-state index contributed by atoms with van der Waals surface area (Å²) < 4.78 is 30.8. The number of nitrogens with two attached hydrogens (primary N) is 2. The second kappa shape index (κ2) is 7.28. The molecule has 3 aliphatic heterocycles. The Hall–Kier alpha value is -0.280. The van der Waals surface area contributed by atoms with Crippen molar-refractivity contribution >= 4 is 0 Å². The molecule has 2 saturated carbocycles. The quantitative estimate of drug-likeness (QED) is 0.756. The summed E-state index contributed by atoms with van der Waals surface area (Å²) in [4.78, 5) is 0. The predicted octanol–water partition coefficient (Wildman–Crippen LogP) is 1.23. The van der Waals surface area contributed by atoms with Crippen LogP contribution in [-0.2, 0) is 23.7 Å². The monoisotopic (exact) mass is 368 g/mol. The maximum atomic E-state index is 6.34. The summed E-state index contributed by atoms with van der Waals surface area (Å²) in [5.74, 6) is 0.839. The summed E-state index contributed by atoms with van der Waals surface area (Å²) in [6, 6.07) is 0.661. The van der Waals surface area contributed by atoms with E-state index in [0.717, 1.165) is 51.4 Å². The normalized spacial score (nSPS) is 54.7. The van der Waals surface area contributed by atoms with E-state index in [2.05, 4.69) is 0 Å². The van der Waals surface area contributed by atoms with Crippen LogP contribution in [0.2, 0.25) is 0 Å². The van der Waals surface area contributed by atoms with Gasteiger partial charge in [-0.3, -0.25) is 0 Å². The van der Waals surface area contributed by atoms with Crippen LogP contribution in [-0.4, -0.2) is 55.9 Å². The molecule has 0 aromatic carbocycles. The highest BCUT2D eigenvalue weighted by Crippen LogP contribution is 2.43. The summed E-state index contributed by atoms with van der Waals surface area (Å²) in [7, 11) is 0. The van der Waals surface area contributed by atoms with Gasteiger partial charge >= 0.3 is 0 Å². The number of ether oxygens (including phenoxy) is 5. The molecular weight excluding hydrogens is 336 g/mol. The zero-order chi connectivity index (χ0) is 17.7. The lowest BCUT2D eigenvalue weighted by atomic mass is 9.85.